The zero-order valence-electron chi connectivity index (χ0n) is 54.5. The quantitative estimate of drug-likeness (QED) is 0.0655. The van der Waals surface area contributed by atoms with Gasteiger partial charge in [-0.05, 0) is 67.9 Å². The van der Waals surface area contributed by atoms with E-state index in [2.05, 4.69) is 0 Å². The first-order valence-corrected chi connectivity index (χ1v) is 39.8. The number of ether oxygens (including phenoxy) is 1. The topological polar surface area (TPSA) is 329 Å². The van der Waals surface area contributed by atoms with Gasteiger partial charge in [-0.15, -0.1) is 0 Å². The van der Waals surface area contributed by atoms with Crippen molar-refractivity contribution in [3.63, 3.8) is 0 Å². The Labute approximate surface area is 584 Å². The molecule has 564 valence electrons. The normalized spacial score (nSPS) is 19.2. The number of hydrogen-bond donors (Lipinski definition) is 2. The molecule has 0 aromatic heterocycles. The van der Waals surface area contributed by atoms with Crippen LogP contribution >= 0.6 is 0 Å². The standard InChI is InChI=1S/C15H16F2N2O5S.C11H13F2NO2S.C10H10F2N2O4S.C10H12F2N2O2S.C10H11F2NO2S.C6H5F2N/c1-9(20)13-8-19(15(21)24-13)10-6-11(16)14(12(17)7-10)18-2-4-25(22,23)5-3-18;1-8-6-9(12)11(10(13)7-8)14-2-4-17(15,16)5-3-14;11-8-5-7(14(15)16)6-9(12)10(8)13-1-3-19(17,18)4-2-13;11-8-5-7(13)6-9(12)10(8)14-1-3-17(15,16)4-2-14;11-8-2-1-3-9(12)10(8)13-4-6-16(14,15)7-5-13;7-4-2-1-3-5(8)6(4)9/h6-7,13H,2-5,8H2,1H3;6-7H,2-5H2,1H3;5-6H,1-4H2;5-6H,1-4,13H2;1-3H,4-7H2;1-3H,9H2/t13-;;;;;/m1...../s1. The summed E-state index contributed by atoms with van der Waals surface area (Å²) >= 11 is 0. The summed E-state index contributed by atoms with van der Waals surface area (Å²) in [5.41, 5.74) is 8.41. The van der Waals surface area contributed by atoms with Crippen LogP contribution in [-0.2, 0) is 58.7 Å². The van der Waals surface area contributed by atoms with Crippen LogP contribution in [0.1, 0.15) is 12.5 Å². The average Bonchev–Trinajstić information content (AvgIpc) is 1.79. The highest BCUT2D eigenvalue weighted by Crippen LogP contribution is 2.34. The van der Waals surface area contributed by atoms with Crippen molar-refractivity contribution in [2.24, 2.45) is 0 Å². The number of sulfone groups is 5. The Hall–Kier alpha value is -8.83. The number of non-ortho nitro benzene ring substituents is 1. The molecule has 24 nitrogen and oxygen atoms in total. The highest BCUT2D eigenvalue weighted by atomic mass is 32.2. The van der Waals surface area contributed by atoms with Gasteiger partial charge in [0.25, 0.3) is 5.69 Å². The van der Waals surface area contributed by atoms with Crippen LogP contribution in [0.15, 0.2) is 84.9 Å². The van der Waals surface area contributed by atoms with Gasteiger partial charge in [0.2, 0.25) is 0 Å². The molecule has 6 fully saturated rings. The Morgan fingerprint density at radius 3 is 0.942 bits per heavy atom. The van der Waals surface area contributed by atoms with Gasteiger partial charge >= 0.3 is 6.09 Å². The largest absolute Gasteiger partial charge is 0.436 e. The first-order chi connectivity index (χ1) is 48.0. The van der Waals surface area contributed by atoms with E-state index in [1.807, 2.05) is 0 Å². The molecule has 6 aliphatic heterocycles. The van der Waals surface area contributed by atoms with E-state index in [0.717, 1.165) is 41.3 Å². The Bertz CT molecular complexity index is 4490. The number of halogens is 12. The highest BCUT2D eigenvalue weighted by molar-refractivity contribution is 7.92. The lowest BCUT2D eigenvalue weighted by molar-refractivity contribution is -0.385. The fourth-order valence-corrected chi connectivity index (χ4v) is 16.7. The van der Waals surface area contributed by atoms with Gasteiger partial charge in [0.05, 0.1) is 86.8 Å². The molecule has 6 heterocycles. The van der Waals surface area contributed by atoms with E-state index >= 15 is 0 Å². The van der Waals surface area contributed by atoms with Gasteiger partial charge in [-0.25, -0.2) is 99.6 Å². The van der Waals surface area contributed by atoms with E-state index in [0.29, 0.717) is 17.7 Å². The first-order valence-electron chi connectivity index (χ1n) is 30.7. The molecule has 0 radical (unpaired) electrons. The van der Waals surface area contributed by atoms with E-state index < -0.39 is 153 Å². The number of para-hydroxylation sites is 2. The number of aryl methyl sites for hydroxylation is 1. The third-order valence-electron chi connectivity index (χ3n) is 16.2. The fourth-order valence-electron chi connectivity index (χ4n) is 10.7. The van der Waals surface area contributed by atoms with Crippen LogP contribution in [0.3, 0.4) is 0 Å². The second-order valence-electron chi connectivity index (χ2n) is 23.7. The van der Waals surface area contributed by atoms with Crippen molar-refractivity contribution >= 4 is 112 Å². The molecule has 6 saturated heterocycles. The van der Waals surface area contributed by atoms with E-state index in [1.54, 1.807) is 6.92 Å². The number of hydrogen-bond acceptors (Lipinski definition) is 22. The van der Waals surface area contributed by atoms with Gasteiger partial charge in [-0.3, -0.25) is 19.8 Å². The minimum absolute atomic E-state index is 0.00626. The Balaban J connectivity index is 0.000000176. The zero-order chi connectivity index (χ0) is 76.4. The minimum Gasteiger partial charge on any atom is -0.436 e. The maximum absolute atomic E-state index is 14.4. The summed E-state index contributed by atoms with van der Waals surface area (Å²) in [6.45, 7) is 3.42. The van der Waals surface area contributed by atoms with Crippen molar-refractivity contribution < 1.29 is 114 Å². The zero-order valence-corrected chi connectivity index (χ0v) is 58.6. The molecule has 0 aliphatic carbocycles. The first kappa shape index (κ1) is 81.5. The number of benzene rings is 6. The number of carbonyl (C=O) groups is 2. The number of nitrogens with two attached hydrogens (primary N) is 2. The monoisotopic (exact) mass is 1570 g/mol. The number of nitrogens with zero attached hydrogens (tertiary/aromatic N) is 7. The molecule has 0 saturated carbocycles. The summed E-state index contributed by atoms with van der Waals surface area (Å²) in [7, 11) is -15.5. The number of nitro groups is 1. The molecule has 0 spiro atoms. The summed E-state index contributed by atoms with van der Waals surface area (Å²) < 4.78 is 280. The van der Waals surface area contributed by atoms with Gasteiger partial charge in [-0.1, -0.05) is 12.1 Å². The fraction of sp³-hybridized carbons (Fsp3) is 0.387. The van der Waals surface area contributed by atoms with Gasteiger partial charge in [0, 0.05) is 83.3 Å². The van der Waals surface area contributed by atoms with Crippen molar-refractivity contribution in [2.75, 3.05) is 170 Å². The number of ketones is 1. The summed E-state index contributed by atoms with van der Waals surface area (Å²) in [6, 6.07) is 14.9. The number of Topliss-reactive ketones (excluding diaryl/α,β-unsaturated/α-hetero) is 1. The third-order valence-corrected chi connectivity index (χ3v) is 24.3. The van der Waals surface area contributed by atoms with E-state index in [9.17, 15) is 114 Å². The van der Waals surface area contributed by atoms with Crippen molar-refractivity contribution in [1.82, 2.24) is 0 Å². The average molecular weight is 1570 g/mol. The lowest BCUT2D eigenvalue weighted by atomic mass is 10.2. The molecule has 0 unspecified atom stereocenters. The second kappa shape index (κ2) is 33.7. The second-order valence-corrected chi connectivity index (χ2v) is 35.2. The Kier molecular flexibility index (Phi) is 26.7. The molecule has 1 atom stereocenters. The van der Waals surface area contributed by atoms with E-state index in [-0.39, 0.29) is 169 Å². The summed E-state index contributed by atoms with van der Waals surface area (Å²) in [5, 5.41) is 10.5. The number of carbonyl (C=O) groups excluding carboxylic acids is 2. The predicted molar refractivity (Wildman–Crippen MR) is 361 cm³/mol. The van der Waals surface area contributed by atoms with Gasteiger partial charge in [-0.2, -0.15) is 0 Å². The van der Waals surface area contributed by atoms with Crippen molar-refractivity contribution in [1.29, 1.82) is 0 Å². The number of anilines is 8. The maximum atomic E-state index is 14.4. The molecular formula is C62H67F12N9O15S5. The van der Waals surface area contributed by atoms with Crippen LogP contribution in [0.5, 0.6) is 0 Å². The molecular weight excluding hydrogens is 1500 g/mol. The van der Waals surface area contributed by atoms with Crippen LogP contribution < -0.4 is 40.9 Å². The Morgan fingerprint density at radius 1 is 0.427 bits per heavy atom. The summed E-state index contributed by atoms with van der Waals surface area (Å²) in [4.78, 5) is 40.5. The molecule has 6 aliphatic rings. The van der Waals surface area contributed by atoms with Gasteiger partial charge < -0.3 is 40.7 Å². The SMILES string of the molecule is CC(=O)[C@H]1CN(c2cc(F)c(N3CCS(=O)(=O)CC3)c(F)c2)C(=O)O1.Cc1cc(F)c(N2CCS(=O)(=O)CC2)c(F)c1.Nc1c(F)cccc1F.Nc1cc(F)c(N2CCS(=O)(=O)CC2)c(F)c1.O=S1(=O)CCN(c2c(F)cccc2F)CC1.O=[N+]([O-])c1cc(F)c(N2CCS(=O)(=O)CC2)c(F)c1. The van der Waals surface area contributed by atoms with Crippen molar-refractivity contribution in [3.8, 4) is 0 Å². The molecule has 0 bridgehead atoms. The molecule has 103 heavy (non-hydrogen) atoms. The van der Waals surface area contributed by atoms with Crippen LogP contribution in [0.2, 0.25) is 0 Å². The van der Waals surface area contributed by atoms with Crippen LogP contribution in [0, 0.1) is 86.8 Å². The number of cyclic esters (lactones) is 1. The van der Waals surface area contributed by atoms with Crippen LogP contribution in [-0.4, -0.2) is 195 Å². The van der Waals surface area contributed by atoms with Gasteiger partial charge in [0.15, 0.2) is 96.0 Å². The molecule has 41 heteroatoms. The van der Waals surface area contributed by atoms with Crippen LogP contribution in [0.4, 0.5) is 109 Å². The molecule has 1 amide bonds. The molecule has 4 N–H and O–H groups in total. The molecule has 12 rings (SSSR count). The smallest absolute Gasteiger partial charge is 0.415 e. The summed E-state index contributed by atoms with van der Waals surface area (Å²) in [5.74, 6) is -11.0. The summed E-state index contributed by atoms with van der Waals surface area (Å²) in [6.07, 6.45) is -1.82. The predicted octanol–water partition coefficient (Wildman–Crippen LogP) is 7.26. The third kappa shape index (κ3) is 22.1. The Morgan fingerprint density at radius 2 is 0.680 bits per heavy atom. The number of nitrogen functional groups attached to an aromatic ring is 2. The van der Waals surface area contributed by atoms with E-state index in [4.69, 9.17) is 16.2 Å². The number of nitro benzene ring substituents is 1. The molecule has 6 aromatic carbocycles. The van der Waals surface area contributed by atoms with Crippen molar-refractivity contribution in [3.05, 3.63) is 170 Å². The minimum atomic E-state index is -3.18. The van der Waals surface area contributed by atoms with Crippen molar-refractivity contribution in [2.45, 2.75) is 20.0 Å². The van der Waals surface area contributed by atoms with E-state index in [1.165, 1.54) is 67.8 Å². The number of rotatable bonds is 8. The maximum Gasteiger partial charge on any atom is 0.415 e. The van der Waals surface area contributed by atoms with Crippen LogP contribution in [0.25, 0.3) is 0 Å². The lowest BCUT2D eigenvalue weighted by Crippen LogP contribution is -2.41. The number of amides is 1. The molecule has 6 aromatic rings. The lowest BCUT2D eigenvalue weighted by Gasteiger charge is -2.29. The van der Waals surface area contributed by atoms with Gasteiger partial charge in [0.1, 0.15) is 69.0 Å². The highest BCUT2D eigenvalue weighted by Gasteiger charge is 2.37.